The maximum Gasteiger partial charge on any atom is 0.278 e. The van der Waals surface area contributed by atoms with Crippen molar-refractivity contribution in [2.45, 2.75) is 62.9 Å². The summed E-state index contributed by atoms with van der Waals surface area (Å²) in [7, 11) is 0. The molecule has 9 heteroatoms. The average Bonchev–Trinajstić information content (AvgIpc) is 3.84. The van der Waals surface area contributed by atoms with Gasteiger partial charge in [0, 0.05) is 36.6 Å². The second kappa shape index (κ2) is 7.73. The smallest absolute Gasteiger partial charge is 0.278 e. The number of nitrogens with one attached hydrogen (secondary N) is 2. The summed E-state index contributed by atoms with van der Waals surface area (Å²) in [5.41, 5.74) is 5.11. The molecule has 7 rings (SSSR count). The fourth-order valence-electron chi connectivity index (χ4n) is 5.50. The van der Waals surface area contributed by atoms with Crippen LogP contribution < -0.4 is 16.2 Å². The molecule has 9 nitrogen and oxygen atoms in total. The molecular formula is C28H28N8O. The summed E-state index contributed by atoms with van der Waals surface area (Å²) in [5.74, 6) is 0.436. The molecule has 4 heterocycles. The number of aromatic nitrogens is 5. The molecule has 1 spiro atoms. The molecule has 3 aromatic heterocycles. The molecular weight excluding hydrogens is 464 g/mol. The van der Waals surface area contributed by atoms with Gasteiger partial charge < -0.3 is 10.6 Å². The predicted octanol–water partition coefficient (Wildman–Crippen LogP) is 3.99. The van der Waals surface area contributed by atoms with Crippen LogP contribution in [0.5, 0.6) is 0 Å². The van der Waals surface area contributed by atoms with Crippen molar-refractivity contribution >= 4 is 22.7 Å². The Morgan fingerprint density at radius 1 is 1.19 bits per heavy atom. The maximum atomic E-state index is 13.4. The molecule has 186 valence electrons. The Labute approximate surface area is 214 Å². The summed E-state index contributed by atoms with van der Waals surface area (Å²) in [6, 6.07) is 12.7. The van der Waals surface area contributed by atoms with E-state index in [9.17, 15) is 10.1 Å². The molecule has 1 aromatic carbocycles. The summed E-state index contributed by atoms with van der Waals surface area (Å²) < 4.78 is 3.65. The first-order valence-corrected chi connectivity index (χ1v) is 12.9. The van der Waals surface area contributed by atoms with E-state index < -0.39 is 5.41 Å². The summed E-state index contributed by atoms with van der Waals surface area (Å²) >= 11 is 0. The fraction of sp³-hybridized carbons (Fsp3) is 0.393. The standard InChI is InChI=1S/C28H28N8O/c1-27(2,15-29)23-12-20(7-10-31-23)35-24-21(25(37)36(35)19-4-5-19)14-32-26(34-24)33-18-3-6-22-17(11-18)13-30-16-28(22)8-9-28/h3,6-7,10-12,14,19,30H,4-5,8-9,13,16H2,1-2H3,(H,32,33,34). The van der Waals surface area contributed by atoms with Gasteiger partial charge in [-0.15, -0.1) is 0 Å². The first-order valence-electron chi connectivity index (χ1n) is 12.9. The highest BCUT2D eigenvalue weighted by molar-refractivity contribution is 5.77. The van der Waals surface area contributed by atoms with Gasteiger partial charge in [-0.1, -0.05) is 6.07 Å². The molecule has 1 aliphatic heterocycles. The average molecular weight is 493 g/mol. The summed E-state index contributed by atoms with van der Waals surface area (Å²) in [4.78, 5) is 27.2. The van der Waals surface area contributed by atoms with Gasteiger partial charge >= 0.3 is 0 Å². The molecule has 3 aliphatic rings. The molecule has 2 saturated carbocycles. The zero-order chi connectivity index (χ0) is 25.4. The van der Waals surface area contributed by atoms with Gasteiger partial charge in [0.25, 0.3) is 5.56 Å². The Balaban J connectivity index is 1.32. The zero-order valence-electron chi connectivity index (χ0n) is 21.0. The van der Waals surface area contributed by atoms with Gasteiger partial charge in [-0.05, 0) is 74.9 Å². The predicted molar refractivity (Wildman–Crippen MR) is 140 cm³/mol. The van der Waals surface area contributed by atoms with E-state index in [4.69, 9.17) is 4.98 Å². The number of rotatable bonds is 5. The lowest BCUT2D eigenvalue weighted by molar-refractivity contribution is 0.531. The number of pyridine rings is 1. The van der Waals surface area contributed by atoms with Crippen molar-refractivity contribution in [3.63, 3.8) is 0 Å². The van der Waals surface area contributed by atoms with Crippen molar-refractivity contribution in [2.75, 3.05) is 11.9 Å². The molecule has 2 fully saturated rings. The van der Waals surface area contributed by atoms with Crippen LogP contribution in [0.1, 0.15) is 62.4 Å². The summed E-state index contributed by atoms with van der Waals surface area (Å²) in [5, 5.41) is 17.0. The Bertz CT molecular complexity index is 1670. The van der Waals surface area contributed by atoms with Crippen molar-refractivity contribution in [3.05, 3.63) is 69.9 Å². The van der Waals surface area contributed by atoms with E-state index in [1.165, 1.54) is 24.0 Å². The number of fused-ring (bicyclic) bond motifs is 3. The first-order chi connectivity index (χ1) is 17.9. The van der Waals surface area contributed by atoms with Crippen LogP contribution in [0.25, 0.3) is 16.7 Å². The van der Waals surface area contributed by atoms with Gasteiger partial charge in [0.2, 0.25) is 5.95 Å². The number of hydrogen-bond acceptors (Lipinski definition) is 7. The third-order valence-electron chi connectivity index (χ3n) is 7.99. The van der Waals surface area contributed by atoms with Crippen LogP contribution in [0.3, 0.4) is 0 Å². The fourth-order valence-corrected chi connectivity index (χ4v) is 5.50. The molecule has 0 amide bonds. The Morgan fingerprint density at radius 3 is 2.78 bits per heavy atom. The van der Waals surface area contributed by atoms with Gasteiger partial charge in [-0.2, -0.15) is 10.2 Å². The number of anilines is 2. The van der Waals surface area contributed by atoms with Crippen LogP contribution in [-0.2, 0) is 17.4 Å². The largest absolute Gasteiger partial charge is 0.324 e. The van der Waals surface area contributed by atoms with Gasteiger partial charge in [0.1, 0.15) is 5.39 Å². The molecule has 2 N–H and O–H groups in total. The van der Waals surface area contributed by atoms with Crippen molar-refractivity contribution in [3.8, 4) is 11.8 Å². The molecule has 0 radical (unpaired) electrons. The number of hydrogen-bond donors (Lipinski definition) is 2. The normalized spacial score (nSPS) is 18.0. The monoisotopic (exact) mass is 492 g/mol. The highest BCUT2D eigenvalue weighted by atomic mass is 16.1. The van der Waals surface area contributed by atoms with E-state index in [1.54, 1.807) is 17.1 Å². The molecule has 2 aliphatic carbocycles. The highest BCUT2D eigenvalue weighted by Gasteiger charge is 2.46. The maximum absolute atomic E-state index is 13.4. The van der Waals surface area contributed by atoms with Crippen LogP contribution >= 0.6 is 0 Å². The lowest BCUT2D eigenvalue weighted by Crippen LogP contribution is -2.33. The minimum absolute atomic E-state index is 0.100. The van der Waals surface area contributed by atoms with Crippen LogP contribution in [0, 0.1) is 11.3 Å². The van der Waals surface area contributed by atoms with E-state index in [-0.39, 0.29) is 11.6 Å². The number of benzene rings is 1. The van der Waals surface area contributed by atoms with E-state index in [0.29, 0.717) is 28.1 Å². The van der Waals surface area contributed by atoms with Gasteiger partial charge in [-0.25, -0.2) is 14.3 Å². The van der Waals surface area contributed by atoms with Crippen LogP contribution in [0.2, 0.25) is 0 Å². The van der Waals surface area contributed by atoms with Gasteiger partial charge in [0.05, 0.1) is 28.9 Å². The first kappa shape index (κ1) is 22.2. The van der Waals surface area contributed by atoms with Crippen molar-refractivity contribution < 1.29 is 0 Å². The van der Waals surface area contributed by atoms with E-state index in [1.807, 2.05) is 30.7 Å². The van der Waals surface area contributed by atoms with Gasteiger partial charge in [0.15, 0.2) is 5.65 Å². The Morgan fingerprint density at radius 2 is 2.03 bits per heavy atom. The topological polar surface area (TPSA) is 113 Å². The molecule has 0 atom stereocenters. The van der Waals surface area contributed by atoms with E-state index >= 15 is 0 Å². The Hall–Kier alpha value is -4.03. The second-order valence-electron chi connectivity index (χ2n) is 11.1. The van der Waals surface area contributed by atoms with E-state index in [0.717, 1.165) is 37.3 Å². The summed E-state index contributed by atoms with van der Waals surface area (Å²) in [6.07, 6.45) is 7.69. The lowest BCUT2D eigenvalue weighted by atomic mass is 9.88. The molecule has 0 unspecified atom stereocenters. The molecule has 0 saturated heterocycles. The quantitative estimate of drug-likeness (QED) is 0.433. The van der Waals surface area contributed by atoms with Crippen molar-refractivity contribution in [1.82, 2.24) is 29.6 Å². The number of nitrogens with zero attached hydrogens (tertiary/aromatic N) is 6. The van der Waals surface area contributed by atoms with E-state index in [2.05, 4.69) is 44.9 Å². The lowest BCUT2D eigenvalue weighted by Gasteiger charge is -2.26. The number of nitriles is 1. The van der Waals surface area contributed by atoms with Crippen molar-refractivity contribution in [2.24, 2.45) is 0 Å². The van der Waals surface area contributed by atoms with Crippen LogP contribution in [-0.4, -0.2) is 30.9 Å². The Kier molecular flexibility index (Phi) is 4.64. The van der Waals surface area contributed by atoms with Gasteiger partial charge in [-0.3, -0.25) is 9.78 Å². The highest BCUT2D eigenvalue weighted by Crippen LogP contribution is 2.50. The van der Waals surface area contributed by atoms with Crippen LogP contribution in [0.4, 0.5) is 11.6 Å². The third kappa shape index (κ3) is 3.55. The van der Waals surface area contributed by atoms with Crippen LogP contribution in [0.15, 0.2) is 47.5 Å². The minimum Gasteiger partial charge on any atom is -0.324 e. The van der Waals surface area contributed by atoms with Crippen molar-refractivity contribution in [1.29, 1.82) is 5.26 Å². The molecule has 4 aromatic rings. The molecule has 37 heavy (non-hydrogen) atoms. The molecule has 0 bridgehead atoms. The third-order valence-corrected chi connectivity index (χ3v) is 7.99. The summed E-state index contributed by atoms with van der Waals surface area (Å²) in [6.45, 7) is 5.60. The zero-order valence-corrected chi connectivity index (χ0v) is 21.0. The second-order valence-corrected chi connectivity index (χ2v) is 11.1. The SMILES string of the molecule is CC(C)(C#N)c1cc(-n2c3nc(Nc4ccc5c(c4)CNCC54CC4)ncc3c(=O)n2C2CC2)ccn1. The minimum atomic E-state index is -0.758.